The smallest absolute Gasteiger partial charge is 0.282 e. The van der Waals surface area contributed by atoms with E-state index in [0.29, 0.717) is 29.4 Å². The number of anilines is 2. The van der Waals surface area contributed by atoms with Gasteiger partial charge in [-0.05, 0) is 68.3 Å². The lowest BCUT2D eigenvalue weighted by Gasteiger charge is -2.16. The van der Waals surface area contributed by atoms with E-state index in [1.165, 1.54) is 4.90 Å². The van der Waals surface area contributed by atoms with Gasteiger partial charge in [-0.25, -0.2) is 4.90 Å². The Morgan fingerprint density at radius 1 is 0.909 bits per heavy atom. The van der Waals surface area contributed by atoms with Crippen molar-refractivity contribution in [2.45, 2.75) is 20.8 Å². The molecule has 33 heavy (non-hydrogen) atoms. The maximum Gasteiger partial charge on any atom is 0.282 e. The Morgan fingerprint density at radius 2 is 1.64 bits per heavy atom. The van der Waals surface area contributed by atoms with Crippen molar-refractivity contribution in [2.75, 3.05) is 23.9 Å². The first-order valence-electron chi connectivity index (χ1n) is 10.8. The van der Waals surface area contributed by atoms with Gasteiger partial charge in [0.05, 0.1) is 25.0 Å². The van der Waals surface area contributed by atoms with Crippen molar-refractivity contribution < 1.29 is 19.1 Å². The molecule has 0 aliphatic carbocycles. The van der Waals surface area contributed by atoms with Gasteiger partial charge in [-0.3, -0.25) is 9.59 Å². The molecule has 3 aromatic carbocycles. The molecule has 168 valence electrons. The van der Waals surface area contributed by atoms with Crippen molar-refractivity contribution in [3.8, 4) is 11.5 Å². The van der Waals surface area contributed by atoms with E-state index in [1.54, 1.807) is 43.5 Å². The van der Waals surface area contributed by atoms with Crippen molar-refractivity contribution in [3.63, 3.8) is 0 Å². The van der Waals surface area contributed by atoms with Gasteiger partial charge in [0.15, 0.2) is 0 Å². The third-order valence-electron chi connectivity index (χ3n) is 5.52. The van der Waals surface area contributed by atoms with Crippen molar-refractivity contribution in [1.82, 2.24) is 0 Å². The van der Waals surface area contributed by atoms with E-state index >= 15 is 0 Å². The molecule has 6 heteroatoms. The molecule has 6 nitrogen and oxygen atoms in total. The lowest BCUT2D eigenvalue weighted by Crippen LogP contribution is -2.32. The molecule has 0 bridgehead atoms. The number of carbonyl (C=O) groups is 2. The maximum atomic E-state index is 13.7. The molecule has 0 saturated carbocycles. The molecule has 0 saturated heterocycles. The van der Waals surface area contributed by atoms with Crippen molar-refractivity contribution in [2.24, 2.45) is 0 Å². The van der Waals surface area contributed by atoms with E-state index in [1.807, 2.05) is 51.1 Å². The molecule has 1 aliphatic heterocycles. The number of benzene rings is 3. The number of para-hydroxylation sites is 1. The normalized spacial score (nSPS) is 13.5. The quantitative estimate of drug-likeness (QED) is 0.515. The minimum atomic E-state index is -0.425. The zero-order valence-electron chi connectivity index (χ0n) is 19.1. The fourth-order valence-electron chi connectivity index (χ4n) is 3.84. The number of nitrogens with zero attached hydrogens (tertiary/aromatic N) is 1. The first kappa shape index (κ1) is 22.1. The summed E-state index contributed by atoms with van der Waals surface area (Å²) in [6, 6.07) is 20.1. The molecule has 0 radical (unpaired) electrons. The van der Waals surface area contributed by atoms with Gasteiger partial charge >= 0.3 is 0 Å². The number of methoxy groups -OCH3 is 1. The third-order valence-corrected chi connectivity index (χ3v) is 5.52. The highest BCUT2D eigenvalue weighted by molar-refractivity contribution is 6.46. The summed E-state index contributed by atoms with van der Waals surface area (Å²) in [5.74, 6) is 0.349. The maximum absolute atomic E-state index is 13.7. The molecule has 2 amide bonds. The van der Waals surface area contributed by atoms with Gasteiger partial charge < -0.3 is 14.8 Å². The molecule has 0 aromatic heterocycles. The number of hydrogen-bond acceptors (Lipinski definition) is 5. The topological polar surface area (TPSA) is 67.9 Å². The van der Waals surface area contributed by atoms with E-state index in [4.69, 9.17) is 9.47 Å². The molecule has 0 fully saturated rings. The van der Waals surface area contributed by atoms with Crippen LogP contribution in [-0.2, 0) is 9.59 Å². The second-order valence-corrected chi connectivity index (χ2v) is 7.77. The summed E-state index contributed by atoms with van der Waals surface area (Å²) in [7, 11) is 1.54. The molecule has 0 spiro atoms. The van der Waals surface area contributed by atoms with Crippen LogP contribution in [0.1, 0.15) is 23.6 Å². The van der Waals surface area contributed by atoms with Crippen molar-refractivity contribution in [3.05, 3.63) is 89.1 Å². The van der Waals surface area contributed by atoms with Crippen molar-refractivity contribution >= 4 is 28.8 Å². The van der Waals surface area contributed by atoms with E-state index in [-0.39, 0.29) is 11.3 Å². The molecular weight excluding hydrogens is 416 g/mol. The Balaban J connectivity index is 1.83. The third kappa shape index (κ3) is 4.20. The first-order valence-corrected chi connectivity index (χ1v) is 10.8. The number of amides is 2. The zero-order valence-corrected chi connectivity index (χ0v) is 19.1. The highest BCUT2D eigenvalue weighted by Crippen LogP contribution is 2.38. The van der Waals surface area contributed by atoms with E-state index in [2.05, 4.69) is 5.32 Å². The van der Waals surface area contributed by atoms with Crippen LogP contribution in [0.3, 0.4) is 0 Å². The second kappa shape index (κ2) is 9.20. The summed E-state index contributed by atoms with van der Waals surface area (Å²) in [4.78, 5) is 28.5. The van der Waals surface area contributed by atoms with Crippen LogP contribution >= 0.6 is 0 Å². The zero-order chi connectivity index (χ0) is 23.5. The van der Waals surface area contributed by atoms with Crippen LogP contribution in [0.2, 0.25) is 0 Å². The molecule has 0 unspecified atom stereocenters. The van der Waals surface area contributed by atoms with Gasteiger partial charge in [-0.1, -0.05) is 30.3 Å². The van der Waals surface area contributed by atoms with Crippen LogP contribution in [0.4, 0.5) is 11.4 Å². The standard InChI is InChI=1S/C27H26N2O4/c1-5-33-20-14-12-19(13-15-20)29-26(30)24(21-8-6-7-9-23(21)32-4)25(27(29)31)28-22-16-17(2)10-11-18(22)3/h6-16,28H,5H2,1-4H3. The number of rotatable bonds is 7. The van der Waals surface area contributed by atoms with Crippen LogP contribution in [-0.4, -0.2) is 25.5 Å². The van der Waals surface area contributed by atoms with Crippen LogP contribution in [0.5, 0.6) is 11.5 Å². The predicted molar refractivity (Wildman–Crippen MR) is 130 cm³/mol. The largest absolute Gasteiger partial charge is 0.496 e. The number of aryl methyl sites for hydroxylation is 2. The van der Waals surface area contributed by atoms with Crippen LogP contribution in [0.15, 0.2) is 72.4 Å². The van der Waals surface area contributed by atoms with Gasteiger partial charge in [0.1, 0.15) is 17.2 Å². The average Bonchev–Trinajstić information content (AvgIpc) is 3.06. The van der Waals surface area contributed by atoms with E-state index in [9.17, 15) is 9.59 Å². The first-order chi connectivity index (χ1) is 15.9. The predicted octanol–water partition coefficient (Wildman–Crippen LogP) is 5.11. The number of ether oxygens (including phenoxy) is 2. The Kier molecular flexibility index (Phi) is 6.18. The van der Waals surface area contributed by atoms with Gasteiger partial charge in [0.25, 0.3) is 11.8 Å². The lowest BCUT2D eigenvalue weighted by molar-refractivity contribution is -0.120. The molecule has 3 aromatic rings. The fourth-order valence-corrected chi connectivity index (χ4v) is 3.84. The molecule has 1 heterocycles. The van der Waals surface area contributed by atoms with E-state index < -0.39 is 11.8 Å². The number of imide groups is 1. The number of hydrogen-bond donors (Lipinski definition) is 1. The Hall–Kier alpha value is -4.06. The van der Waals surface area contributed by atoms with E-state index in [0.717, 1.165) is 16.8 Å². The minimum Gasteiger partial charge on any atom is -0.496 e. The van der Waals surface area contributed by atoms with Gasteiger partial charge in [-0.15, -0.1) is 0 Å². The monoisotopic (exact) mass is 442 g/mol. The fraction of sp³-hybridized carbons (Fsp3) is 0.185. The molecule has 1 N–H and O–H groups in total. The summed E-state index contributed by atoms with van der Waals surface area (Å²) < 4.78 is 11.0. The Bertz CT molecular complexity index is 1250. The molecule has 1 aliphatic rings. The molecule has 0 atom stereocenters. The molecule has 4 rings (SSSR count). The van der Waals surface area contributed by atoms with Crippen LogP contribution in [0, 0.1) is 13.8 Å². The summed E-state index contributed by atoms with van der Waals surface area (Å²) in [5, 5.41) is 3.25. The summed E-state index contributed by atoms with van der Waals surface area (Å²) >= 11 is 0. The Labute approximate surface area is 193 Å². The summed E-state index contributed by atoms with van der Waals surface area (Å²) in [5.41, 5.74) is 4.29. The second-order valence-electron chi connectivity index (χ2n) is 7.77. The van der Waals surface area contributed by atoms with Crippen molar-refractivity contribution in [1.29, 1.82) is 0 Å². The van der Waals surface area contributed by atoms with Gasteiger partial charge in [0, 0.05) is 11.3 Å². The lowest BCUT2D eigenvalue weighted by atomic mass is 10.0. The number of carbonyl (C=O) groups excluding carboxylic acids is 2. The molecular formula is C27H26N2O4. The SMILES string of the molecule is CCOc1ccc(N2C(=O)C(Nc3cc(C)ccc3C)=C(c3ccccc3OC)C2=O)cc1. The highest BCUT2D eigenvalue weighted by Gasteiger charge is 2.41. The summed E-state index contributed by atoms with van der Waals surface area (Å²) in [6.07, 6.45) is 0. The number of nitrogens with one attached hydrogen (secondary N) is 1. The average molecular weight is 443 g/mol. The Morgan fingerprint density at radius 3 is 2.33 bits per heavy atom. The van der Waals surface area contributed by atoms with Crippen LogP contribution < -0.4 is 19.7 Å². The van der Waals surface area contributed by atoms with Gasteiger partial charge in [0.2, 0.25) is 0 Å². The van der Waals surface area contributed by atoms with Gasteiger partial charge in [-0.2, -0.15) is 0 Å². The summed E-state index contributed by atoms with van der Waals surface area (Å²) in [6.45, 7) is 6.37. The van der Waals surface area contributed by atoms with Crippen LogP contribution in [0.25, 0.3) is 5.57 Å². The highest BCUT2D eigenvalue weighted by atomic mass is 16.5. The minimum absolute atomic E-state index is 0.215.